The summed E-state index contributed by atoms with van der Waals surface area (Å²) in [5.41, 5.74) is 2.76. The second-order valence-corrected chi connectivity index (χ2v) is 6.27. The normalized spacial score (nSPS) is 15.7. The predicted molar refractivity (Wildman–Crippen MR) is 98.6 cm³/mol. The first-order valence-corrected chi connectivity index (χ1v) is 8.41. The molecule has 1 amide bonds. The molecule has 0 radical (unpaired) electrons. The van der Waals surface area contributed by atoms with Gasteiger partial charge in [0, 0.05) is 36.6 Å². The lowest BCUT2D eigenvalue weighted by atomic mass is 9.89. The van der Waals surface area contributed by atoms with Crippen LogP contribution in [0.15, 0.2) is 55.0 Å². The number of benzene rings is 1. The van der Waals surface area contributed by atoms with E-state index < -0.39 is 5.97 Å². The quantitative estimate of drug-likeness (QED) is 0.743. The Labute approximate surface area is 155 Å². The second-order valence-electron chi connectivity index (χ2n) is 6.27. The number of carboxylic acids is 1. The van der Waals surface area contributed by atoms with Crippen molar-refractivity contribution in [2.45, 2.75) is 12.3 Å². The van der Waals surface area contributed by atoms with Gasteiger partial charge in [-0.25, -0.2) is 4.79 Å². The zero-order valence-electron chi connectivity index (χ0n) is 14.5. The van der Waals surface area contributed by atoms with Crippen LogP contribution >= 0.6 is 0 Å². The van der Waals surface area contributed by atoms with Crippen LogP contribution in [0.2, 0.25) is 0 Å². The van der Waals surface area contributed by atoms with Crippen molar-refractivity contribution in [2.24, 2.45) is 0 Å². The van der Waals surface area contributed by atoms with Crippen LogP contribution in [-0.4, -0.2) is 33.6 Å². The number of methoxy groups -OCH3 is 1. The first kappa shape index (κ1) is 16.8. The maximum Gasteiger partial charge on any atom is 0.339 e. The van der Waals surface area contributed by atoms with Gasteiger partial charge in [0.1, 0.15) is 11.3 Å². The van der Waals surface area contributed by atoms with E-state index in [2.05, 4.69) is 10.3 Å². The SMILES string of the molecule is COc1ccc(-n2cc(C(=O)O)c3c2C(c2cccnc2)CC(=O)N3)cc1. The number of pyridine rings is 1. The van der Waals surface area contributed by atoms with E-state index in [1.54, 1.807) is 31.8 Å². The molecule has 0 saturated carbocycles. The number of carbonyl (C=O) groups is 2. The zero-order valence-corrected chi connectivity index (χ0v) is 14.5. The number of fused-ring (bicyclic) bond motifs is 1. The minimum absolute atomic E-state index is 0.0581. The number of nitrogens with zero attached hydrogens (tertiary/aromatic N) is 2. The van der Waals surface area contributed by atoms with E-state index in [4.69, 9.17) is 4.74 Å². The van der Waals surface area contributed by atoms with E-state index in [1.807, 2.05) is 34.9 Å². The van der Waals surface area contributed by atoms with Gasteiger partial charge in [-0.15, -0.1) is 0 Å². The molecule has 7 nitrogen and oxygen atoms in total. The fraction of sp³-hybridized carbons (Fsp3) is 0.150. The molecule has 1 atom stereocenters. The van der Waals surface area contributed by atoms with Gasteiger partial charge in [0.2, 0.25) is 5.91 Å². The Morgan fingerprint density at radius 2 is 2.07 bits per heavy atom. The summed E-state index contributed by atoms with van der Waals surface area (Å²) in [6.07, 6.45) is 5.14. The lowest BCUT2D eigenvalue weighted by Crippen LogP contribution is -2.25. The fourth-order valence-electron chi connectivity index (χ4n) is 3.44. The van der Waals surface area contributed by atoms with E-state index in [0.717, 1.165) is 16.9 Å². The first-order valence-electron chi connectivity index (χ1n) is 8.41. The molecule has 136 valence electrons. The highest BCUT2D eigenvalue weighted by Gasteiger charge is 2.34. The largest absolute Gasteiger partial charge is 0.497 e. The molecule has 3 heterocycles. The van der Waals surface area contributed by atoms with Gasteiger partial charge in [0.05, 0.1) is 18.5 Å². The third kappa shape index (κ3) is 2.93. The van der Waals surface area contributed by atoms with Gasteiger partial charge < -0.3 is 19.7 Å². The maximum absolute atomic E-state index is 12.3. The third-order valence-electron chi connectivity index (χ3n) is 4.70. The molecule has 1 aliphatic rings. The lowest BCUT2D eigenvalue weighted by molar-refractivity contribution is -0.116. The highest BCUT2D eigenvalue weighted by Crippen LogP contribution is 2.41. The van der Waals surface area contributed by atoms with Crippen molar-refractivity contribution >= 4 is 17.6 Å². The summed E-state index contributed by atoms with van der Waals surface area (Å²) in [4.78, 5) is 28.2. The molecular weight excluding hydrogens is 346 g/mol. The van der Waals surface area contributed by atoms with Crippen LogP contribution in [0.25, 0.3) is 5.69 Å². The molecule has 1 unspecified atom stereocenters. The van der Waals surface area contributed by atoms with Crippen LogP contribution in [0.1, 0.15) is 34.0 Å². The lowest BCUT2D eigenvalue weighted by Gasteiger charge is -2.26. The minimum Gasteiger partial charge on any atom is -0.497 e. The Morgan fingerprint density at radius 3 is 2.70 bits per heavy atom. The Balaban J connectivity index is 1.94. The number of ether oxygens (including phenoxy) is 1. The van der Waals surface area contributed by atoms with Crippen molar-refractivity contribution in [3.8, 4) is 11.4 Å². The summed E-state index contributed by atoms with van der Waals surface area (Å²) in [6, 6.07) is 11.0. The molecule has 0 spiro atoms. The number of carboxylic acid groups (broad SMARTS) is 1. The molecule has 0 saturated heterocycles. The Morgan fingerprint density at radius 1 is 1.30 bits per heavy atom. The number of hydrogen-bond donors (Lipinski definition) is 2. The van der Waals surface area contributed by atoms with Crippen LogP contribution in [0.3, 0.4) is 0 Å². The van der Waals surface area contributed by atoms with E-state index in [1.165, 1.54) is 0 Å². The summed E-state index contributed by atoms with van der Waals surface area (Å²) < 4.78 is 7.01. The summed E-state index contributed by atoms with van der Waals surface area (Å²) in [6.45, 7) is 0. The second kappa shape index (κ2) is 6.60. The van der Waals surface area contributed by atoms with Crippen LogP contribution < -0.4 is 10.1 Å². The number of nitrogens with one attached hydrogen (secondary N) is 1. The Kier molecular flexibility index (Phi) is 4.12. The van der Waals surface area contributed by atoms with Crippen molar-refractivity contribution in [1.29, 1.82) is 0 Å². The molecule has 0 bridgehead atoms. The summed E-state index contributed by atoms with van der Waals surface area (Å²) in [5, 5.41) is 12.4. The number of hydrogen-bond acceptors (Lipinski definition) is 4. The van der Waals surface area contributed by atoms with Crippen molar-refractivity contribution in [2.75, 3.05) is 12.4 Å². The number of rotatable bonds is 4. The molecule has 1 aliphatic heterocycles. The molecule has 2 N–H and O–H groups in total. The highest BCUT2D eigenvalue weighted by molar-refractivity contribution is 6.04. The molecule has 27 heavy (non-hydrogen) atoms. The van der Waals surface area contributed by atoms with E-state index in [9.17, 15) is 14.7 Å². The molecular formula is C20H17N3O4. The topological polar surface area (TPSA) is 93.4 Å². The number of aromatic nitrogens is 2. The van der Waals surface area contributed by atoms with Gasteiger partial charge in [-0.2, -0.15) is 0 Å². The monoisotopic (exact) mass is 363 g/mol. The van der Waals surface area contributed by atoms with E-state index >= 15 is 0 Å². The number of aromatic carboxylic acids is 1. The van der Waals surface area contributed by atoms with E-state index in [-0.39, 0.29) is 23.8 Å². The fourth-order valence-corrected chi connectivity index (χ4v) is 3.44. The standard InChI is InChI=1S/C20H17N3O4/c1-27-14-6-4-13(5-7-14)23-11-16(20(25)26)18-19(23)15(9-17(24)22-18)12-3-2-8-21-10-12/h2-8,10-11,15H,9H2,1H3,(H,22,24)(H,25,26). The smallest absolute Gasteiger partial charge is 0.339 e. The molecule has 4 rings (SSSR count). The summed E-state index contributed by atoms with van der Waals surface area (Å²) >= 11 is 0. The number of carbonyl (C=O) groups excluding carboxylic acids is 1. The highest BCUT2D eigenvalue weighted by atomic mass is 16.5. The van der Waals surface area contributed by atoms with Gasteiger partial charge >= 0.3 is 5.97 Å². The van der Waals surface area contributed by atoms with Crippen LogP contribution in [0, 0.1) is 0 Å². The maximum atomic E-state index is 12.3. The average Bonchev–Trinajstić information content (AvgIpc) is 3.07. The van der Waals surface area contributed by atoms with Gasteiger partial charge in [-0.1, -0.05) is 6.07 Å². The predicted octanol–water partition coefficient (Wildman–Crippen LogP) is 3.05. The number of amides is 1. The van der Waals surface area contributed by atoms with E-state index in [0.29, 0.717) is 11.4 Å². The van der Waals surface area contributed by atoms with Crippen molar-refractivity contribution < 1.29 is 19.4 Å². The van der Waals surface area contributed by atoms with Crippen LogP contribution in [-0.2, 0) is 4.79 Å². The van der Waals surface area contributed by atoms with Gasteiger partial charge in [0.15, 0.2) is 0 Å². The molecule has 7 heteroatoms. The Bertz CT molecular complexity index is 1010. The third-order valence-corrected chi connectivity index (χ3v) is 4.70. The van der Waals surface area contributed by atoms with Crippen LogP contribution in [0.5, 0.6) is 5.75 Å². The Hall–Kier alpha value is -3.61. The van der Waals surface area contributed by atoms with Crippen molar-refractivity contribution in [1.82, 2.24) is 9.55 Å². The molecule has 0 fully saturated rings. The van der Waals surface area contributed by atoms with Gasteiger partial charge in [-0.3, -0.25) is 9.78 Å². The average molecular weight is 363 g/mol. The summed E-state index contributed by atoms with van der Waals surface area (Å²) in [7, 11) is 1.59. The van der Waals surface area contributed by atoms with Gasteiger partial charge in [0.25, 0.3) is 0 Å². The zero-order chi connectivity index (χ0) is 19.0. The number of anilines is 1. The minimum atomic E-state index is -1.09. The van der Waals surface area contributed by atoms with Crippen molar-refractivity contribution in [3.63, 3.8) is 0 Å². The molecule has 0 aliphatic carbocycles. The van der Waals surface area contributed by atoms with Crippen LogP contribution in [0.4, 0.5) is 5.69 Å². The molecule has 3 aromatic rings. The first-order chi connectivity index (χ1) is 13.1. The molecule has 1 aromatic carbocycles. The van der Waals surface area contributed by atoms with Gasteiger partial charge in [-0.05, 0) is 35.9 Å². The van der Waals surface area contributed by atoms with Crippen molar-refractivity contribution in [3.05, 3.63) is 71.8 Å². The molecule has 2 aromatic heterocycles. The summed E-state index contributed by atoms with van der Waals surface area (Å²) in [5.74, 6) is -0.898.